The smallest absolute Gasteiger partial charge is 0.316 e. The molecule has 3 atom stereocenters. The number of Topliss-reactive ketones (excluding diaryl/α,β-unsaturated/α-hetero) is 1. The predicted octanol–water partition coefficient (Wildman–Crippen LogP) is 2.97. The molecule has 3 nitrogen and oxygen atoms in total. The summed E-state index contributed by atoms with van der Waals surface area (Å²) in [4.78, 5) is 23.9. The molecule has 3 unspecified atom stereocenters. The maximum absolute atomic E-state index is 12.1. The minimum Gasteiger partial charge on any atom is -0.459 e. The van der Waals surface area contributed by atoms with Crippen LogP contribution in [0, 0.1) is 17.8 Å². The topological polar surface area (TPSA) is 43.4 Å². The van der Waals surface area contributed by atoms with Gasteiger partial charge in [0, 0.05) is 5.92 Å². The maximum atomic E-state index is 12.1. The lowest BCUT2D eigenvalue weighted by Crippen LogP contribution is -2.33. The van der Waals surface area contributed by atoms with Gasteiger partial charge in [0.15, 0.2) is 0 Å². The molecule has 0 aromatic heterocycles. The lowest BCUT2D eigenvalue weighted by atomic mass is 9.92. The fraction of sp³-hybridized carbons (Fsp3) is 0.857. The maximum Gasteiger partial charge on any atom is 0.316 e. The van der Waals surface area contributed by atoms with Crippen molar-refractivity contribution in [2.75, 3.05) is 0 Å². The number of esters is 1. The second-order valence-corrected chi connectivity index (χ2v) is 6.27. The van der Waals surface area contributed by atoms with Crippen molar-refractivity contribution in [2.24, 2.45) is 17.8 Å². The van der Waals surface area contributed by atoms with Gasteiger partial charge in [0.2, 0.25) is 0 Å². The van der Waals surface area contributed by atoms with Gasteiger partial charge in [-0.05, 0) is 52.9 Å². The number of rotatable bonds is 3. The number of hydrogen-bond acceptors (Lipinski definition) is 3. The molecule has 0 amide bonds. The van der Waals surface area contributed by atoms with Crippen molar-refractivity contribution in [3.05, 3.63) is 0 Å². The van der Waals surface area contributed by atoms with E-state index in [0.29, 0.717) is 5.92 Å². The van der Waals surface area contributed by atoms with Crippen molar-refractivity contribution in [1.82, 2.24) is 0 Å². The van der Waals surface area contributed by atoms with Crippen LogP contribution in [-0.4, -0.2) is 17.4 Å². The highest BCUT2D eigenvalue weighted by atomic mass is 16.6. The summed E-state index contributed by atoms with van der Waals surface area (Å²) in [6.45, 7) is 9.28. The van der Waals surface area contributed by atoms with Gasteiger partial charge in [-0.15, -0.1) is 0 Å². The zero-order valence-corrected chi connectivity index (χ0v) is 11.6. The van der Waals surface area contributed by atoms with Gasteiger partial charge in [0.25, 0.3) is 0 Å². The first kappa shape index (κ1) is 14.2. The van der Waals surface area contributed by atoms with E-state index in [1.165, 1.54) is 0 Å². The molecule has 1 saturated carbocycles. The van der Waals surface area contributed by atoms with Crippen LogP contribution in [0.15, 0.2) is 0 Å². The minimum atomic E-state index is -0.621. The van der Waals surface area contributed by atoms with Crippen molar-refractivity contribution in [1.29, 1.82) is 0 Å². The van der Waals surface area contributed by atoms with Crippen molar-refractivity contribution < 1.29 is 14.3 Å². The minimum absolute atomic E-state index is 0.0589. The van der Waals surface area contributed by atoms with Crippen LogP contribution >= 0.6 is 0 Å². The first-order valence-electron chi connectivity index (χ1n) is 6.47. The molecule has 1 rings (SSSR count). The van der Waals surface area contributed by atoms with Crippen molar-refractivity contribution in [3.63, 3.8) is 0 Å². The SMILES string of the molecule is CC1CCC(C(=O)C(C)C(=O)OC(C)(C)C)C1. The zero-order chi connectivity index (χ0) is 13.2. The molecule has 0 N–H and O–H groups in total. The summed E-state index contributed by atoms with van der Waals surface area (Å²) in [5, 5.41) is 0. The van der Waals surface area contributed by atoms with Crippen LogP contribution in [-0.2, 0) is 14.3 Å². The van der Waals surface area contributed by atoms with Gasteiger partial charge < -0.3 is 4.74 Å². The molecule has 1 aliphatic carbocycles. The molecular weight excluding hydrogens is 216 g/mol. The average Bonchev–Trinajstić information content (AvgIpc) is 2.60. The highest BCUT2D eigenvalue weighted by Gasteiger charge is 2.35. The standard InChI is InChI=1S/C14H24O3/c1-9-6-7-11(8-9)12(15)10(2)13(16)17-14(3,4)5/h9-11H,6-8H2,1-5H3. The molecule has 98 valence electrons. The third-order valence-electron chi connectivity index (χ3n) is 3.28. The summed E-state index contributed by atoms with van der Waals surface area (Å²) < 4.78 is 5.25. The van der Waals surface area contributed by atoms with Crippen LogP contribution in [0.4, 0.5) is 0 Å². The predicted molar refractivity (Wildman–Crippen MR) is 66.5 cm³/mol. The summed E-state index contributed by atoms with van der Waals surface area (Å²) in [7, 11) is 0. The Morgan fingerprint density at radius 2 is 1.82 bits per heavy atom. The summed E-state index contributed by atoms with van der Waals surface area (Å²) in [6, 6.07) is 0. The van der Waals surface area contributed by atoms with Crippen LogP contribution in [0.5, 0.6) is 0 Å². The van der Waals surface area contributed by atoms with Gasteiger partial charge in [-0.1, -0.05) is 6.92 Å². The third-order valence-corrected chi connectivity index (χ3v) is 3.28. The fourth-order valence-corrected chi connectivity index (χ4v) is 2.33. The summed E-state index contributed by atoms with van der Waals surface area (Å²) in [5.74, 6) is -0.280. The highest BCUT2D eigenvalue weighted by molar-refractivity contribution is 5.99. The van der Waals surface area contributed by atoms with Crippen LogP contribution in [0.3, 0.4) is 0 Å². The van der Waals surface area contributed by atoms with E-state index in [-0.39, 0.29) is 17.7 Å². The first-order chi connectivity index (χ1) is 7.70. The molecule has 1 aliphatic rings. The molecule has 17 heavy (non-hydrogen) atoms. The Balaban J connectivity index is 2.55. The summed E-state index contributed by atoms with van der Waals surface area (Å²) in [5.41, 5.74) is -0.519. The lowest BCUT2D eigenvalue weighted by molar-refractivity contribution is -0.162. The van der Waals surface area contributed by atoms with E-state index in [2.05, 4.69) is 6.92 Å². The third kappa shape index (κ3) is 4.14. The van der Waals surface area contributed by atoms with Crippen LogP contribution in [0.1, 0.15) is 53.9 Å². The number of hydrogen-bond donors (Lipinski definition) is 0. The number of carbonyl (C=O) groups is 2. The van der Waals surface area contributed by atoms with Gasteiger partial charge in [0.1, 0.15) is 17.3 Å². The molecule has 0 spiro atoms. The quantitative estimate of drug-likeness (QED) is 0.562. The normalized spacial score (nSPS) is 26.6. The molecule has 3 heteroatoms. The van der Waals surface area contributed by atoms with E-state index in [1.54, 1.807) is 6.92 Å². The van der Waals surface area contributed by atoms with Gasteiger partial charge in [0.05, 0.1) is 0 Å². The molecule has 0 radical (unpaired) electrons. The number of ether oxygens (including phenoxy) is 1. The second-order valence-electron chi connectivity index (χ2n) is 6.27. The Morgan fingerprint density at radius 3 is 2.24 bits per heavy atom. The van der Waals surface area contributed by atoms with Crippen molar-refractivity contribution >= 4 is 11.8 Å². The Hall–Kier alpha value is -0.860. The molecule has 1 fully saturated rings. The first-order valence-corrected chi connectivity index (χ1v) is 6.47. The van der Waals surface area contributed by atoms with Gasteiger partial charge in [-0.3, -0.25) is 9.59 Å². The van der Waals surface area contributed by atoms with Crippen LogP contribution in [0.2, 0.25) is 0 Å². The van der Waals surface area contributed by atoms with Gasteiger partial charge >= 0.3 is 5.97 Å². The largest absolute Gasteiger partial charge is 0.459 e. The van der Waals surface area contributed by atoms with Crippen molar-refractivity contribution in [3.8, 4) is 0 Å². The van der Waals surface area contributed by atoms with E-state index in [9.17, 15) is 9.59 Å². The Labute approximate surface area is 104 Å². The molecule has 0 heterocycles. The second kappa shape index (κ2) is 5.19. The Kier molecular flexibility index (Phi) is 4.34. The van der Waals surface area contributed by atoms with E-state index in [4.69, 9.17) is 4.74 Å². The molecular formula is C14H24O3. The van der Waals surface area contributed by atoms with Crippen LogP contribution < -0.4 is 0 Å². The number of ketones is 1. The molecule has 0 saturated heterocycles. The average molecular weight is 240 g/mol. The lowest BCUT2D eigenvalue weighted by Gasteiger charge is -2.22. The summed E-state index contributed by atoms with van der Waals surface area (Å²) in [6.07, 6.45) is 2.94. The monoisotopic (exact) mass is 240 g/mol. The molecule has 0 aromatic rings. The van der Waals surface area contributed by atoms with E-state index >= 15 is 0 Å². The van der Waals surface area contributed by atoms with E-state index in [1.807, 2.05) is 20.8 Å². The Morgan fingerprint density at radius 1 is 1.24 bits per heavy atom. The Bertz CT molecular complexity index is 301. The highest BCUT2D eigenvalue weighted by Crippen LogP contribution is 2.32. The molecule has 0 bridgehead atoms. The summed E-state index contributed by atoms with van der Waals surface area (Å²) >= 11 is 0. The van der Waals surface area contributed by atoms with Crippen molar-refractivity contribution in [2.45, 2.75) is 59.5 Å². The molecule has 0 aliphatic heterocycles. The molecule has 0 aromatic carbocycles. The van der Waals surface area contributed by atoms with E-state index in [0.717, 1.165) is 19.3 Å². The fourth-order valence-electron chi connectivity index (χ4n) is 2.33. The van der Waals surface area contributed by atoms with Gasteiger partial charge in [-0.25, -0.2) is 0 Å². The van der Waals surface area contributed by atoms with Crippen LogP contribution in [0.25, 0.3) is 0 Å². The van der Waals surface area contributed by atoms with Gasteiger partial charge in [-0.2, -0.15) is 0 Å². The number of carbonyl (C=O) groups excluding carboxylic acids is 2. The van der Waals surface area contributed by atoms with E-state index < -0.39 is 11.5 Å². The zero-order valence-electron chi connectivity index (χ0n) is 11.6.